The molecule has 0 heterocycles. The van der Waals surface area contributed by atoms with E-state index in [9.17, 15) is 0 Å². The molecule has 0 fully saturated rings. The van der Waals surface area contributed by atoms with Gasteiger partial charge in [0.2, 0.25) is 0 Å². The summed E-state index contributed by atoms with van der Waals surface area (Å²) in [6.07, 6.45) is 0. The number of benzene rings is 1. The Morgan fingerprint density at radius 2 is 1.75 bits per heavy atom. The van der Waals surface area contributed by atoms with Gasteiger partial charge in [-0.05, 0) is 0 Å². The average Bonchev–Trinajstić information content (AvgIpc) is 1.90. The van der Waals surface area contributed by atoms with Crippen LogP contribution in [0.3, 0.4) is 0 Å². The molecule has 0 N–H and O–H groups in total. The van der Waals surface area contributed by atoms with Crippen LogP contribution in [0.15, 0.2) is 30.3 Å². The molecule has 0 amide bonds. The Morgan fingerprint density at radius 1 is 1.12 bits per heavy atom. The van der Waals surface area contributed by atoms with E-state index in [0.29, 0.717) is 0 Å². The number of halogens is 1. The summed E-state index contributed by atoms with van der Waals surface area (Å²) >= 11 is 3.33. The first-order valence-electron chi connectivity index (χ1n) is 2.30. The molecule has 0 aromatic heterocycles. The Hall–Kier alpha value is 0.518. The van der Waals surface area contributed by atoms with Crippen LogP contribution in [0, 0.1) is 0 Å². The van der Waals surface area contributed by atoms with Gasteiger partial charge in [0.25, 0.3) is 0 Å². The molecular weight excluding hydrogens is 274 g/mol. The average molecular weight is 279 g/mol. The molecule has 1 radical (unpaired) electrons. The van der Waals surface area contributed by atoms with Gasteiger partial charge in [-0.3, -0.25) is 0 Å². The van der Waals surface area contributed by atoms with Gasteiger partial charge in [-0.15, -0.1) is 0 Å². The molecule has 0 bridgehead atoms. The van der Waals surface area contributed by atoms with Crippen LogP contribution in [0.4, 0.5) is 0 Å². The van der Waals surface area contributed by atoms with Crippen LogP contribution in [0.1, 0.15) is 0 Å². The maximum absolute atomic E-state index is 3.51. The molecule has 1 aromatic rings. The summed E-state index contributed by atoms with van der Waals surface area (Å²) in [6, 6.07) is 10.5. The van der Waals surface area contributed by atoms with E-state index in [2.05, 4.69) is 36.9 Å². The standard InChI is InChI=1S/C6H5.BrH.Sb/c1-2-4-6-5-3-1;;/h1-5H;1H;/q;;+1/p-1. The summed E-state index contributed by atoms with van der Waals surface area (Å²) in [7, 11) is 0. The predicted octanol–water partition coefficient (Wildman–Crippen LogP) is 1.33. The van der Waals surface area contributed by atoms with E-state index < -0.39 is 0 Å². The molecule has 0 unspecified atom stereocenters. The fourth-order valence-electron chi connectivity index (χ4n) is 0.484. The fourth-order valence-corrected chi connectivity index (χ4v) is 2.88. The van der Waals surface area contributed by atoms with E-state index in [-0.39, 0.29) is 19.4 Å². The summed E-state index contributed by atoms with van der Waals surface area (Å²) in [6.45, 7) is 0. The zero-order valence-corrected chi connectivity index (χ0v) is 8.35. The van der Waals surface area contributed by atoms with Crippen molar-refractivity contribution in [1.82, 2.24) is 0 Å². The Kier molecular flexibility index (Phi) is 2.92. The van der Waals surface area contributed by atoms with Crippen LogP contribution in [0.25, 0.3) is 0 Å². The van der Waals surface area contributed by atoms with Gasteiger partial charge in [0.05, 0.1) is 0 Å². The Labute approximate surface area is 65.5 Å². The summed E-state index contributed by atoms with van der Waals surface area (Å²) < 4.78 is 1.48. The van der Waals surface area contributed by atoms with E-state index in [1.165, 1.54) is 3.51 Å². The topological polar surface area (TPSA) is 0 Å². The van der Waals surface area contributed by atoms with Crippen molar-refractivity contribution in [2.24, 2.45) is 0 Å². The predicted molar refractivity (Wildman–Crippen MR) is 40.8 cm³/mol. The second-order valence-electron chi connectivity index (χ2n) is 1.42. The molecule has 2 heteroatoms. The summed E-state index contributed by atoms with van der Waals surface area (Å²) in [4.78, 5) is 0. The molecule has 0 saturated carbocycles. The molecule has 0 spiro atoms. The SMILES string of the molecule is [Br][Sb][c]1ccccc1. The van der Waals surface area contributed by atoms with Crippen molar-refractivity contribution in [1.29, 1.82) is 0 Å². The van der Waals surface area contributed by atoms with Crippen molar-refractivity contribution < 1.29 is 0 Å². The van der Waals surface area contributed by atoms with E-state index in [0.717, 1.165) is 0 Å². The quantitative estimate of drug-likeness (QED) is 0.680. The molecule has 1 rings (SSSR count). The molecule has 0 aliphatic heterocycles. The first kappa shape index (κ1) is 6.64. The van der Waals surface area contributed by atoms with Crippen molar-refractivity contribution in [3.8, 4) is 0 Å². The summed E-state index contributed by atoms with van der Waals surface area (Å²) in [5, 5.41) is 0. The van der Waals surface area contributed by atoms with Gasteiger partial charge in [0.1, 0.15) is 0 Å². The van der Waals surface area contributed by atoms with Gasteiger partial charge in [0.15, 0.2) is 0 Å². The van der Waals surface area contributed by atoms with E-state index in [4.69, 9.17) is 0 Å². The fraction of sp³-hybridized carbons (Fsp3) is 0. The number of hydrogen-bond acceptors (Lipinski definition) is 0. The molecule has 0 atom stereocenters. The van der Waals surface area contributed by atoms with Crippen LogP contribution < -0.4 is 3.51 Å². The molecule has 0 nitrogen and oxygen atoms in total. The number of hydrogen-bond donors (Lipinski definition) is 0. The normalized spacial score (nSPS) is 9.12. The van der Waals surface area contributed by atoms with E-state index >= 15 is 0 Å². The van der Waals surface area contributed by atoms with E-state index in [1.54, 1.807) is 0 Å². The van der Waals surface area contributed by atoms with Crippen LogP contribution in [-0.4, -0.2) is 19.4 Å². The third-order valence-corrected chi connectivity index (χ3v) is 5.01. The van der Waals surface area contributed by atoms with Gasteiger partial charge < -0.3 is 0 Å². The van der Waals surface area contributed by atoms with Crippen molar-refractivity contribution >= 4 is 35.5 Å². The van der Waals surface area contributed by atoms with Crippen molar-refractivity contribution in [2.45, 2.75) is 0 Å². The maximum atomic E-state index is 3.51. The first-order chi connectivity index (χ1) is 3.93. The Bertz CT molecular complexity index is 150. The van der Waals surface area contributed by atoms with Gasteiger partial charge in [-0.25, -0.2) is 0 Å². The monoisotopic (exact) mass is 277 g/mol. The zero-order valence-electron chi connectivity index (χ0n) is 4.21. The summed E-state index contributed by atoms with van der Waals surface area (Å²) in [5.41, 5.74) is 0. The second-order valence-corrected chi connectivity index (χ2v) is 5.76. The van der Waals surface area contributed by atoms with Gasteiger partial charge >= 0.3 is 65.8 Å². The van der Waals surface area contributed by atoms with Crippen molar-refractivity contribution in [3.05, 3.63) is 30.3 Å². The second kappa shape index (κ2) is 3.53. The molecule has 0 aliphatic carbocycles. The van der Waals surface area contributed by atoms with Crippen LogP contribution in [0.5, 0.6) is 0 Å². The molecule has 0 saturated heterocycles. The van der Waals surface area contributed by atoms with Gasteiger partial charge in [0, 0.05) is 0 Å². The van der Waals surface area contributed by atoms with Crippen molar-refractivity contribution in [3.63, 3.8) is 0 Å². The molecular formula is C6H5BrSb. The minimum atomic E-state index is -0.180. The molecule has 41 valence electrons. The third-order valence-electron chi connectivity index (χ3n) is 0.854. The Balaban J connectivity index is 2.83. The van der Waals surface area contributed by atoms with Crippen LogP contribution in [-0.2, 0) is 0 Å². The first-order valence-corrected chi connectivity index (χ1v) is 9.30. The Morgan fingerprint density at radius 3 is 2.12 bits per heavy atom. The minimum absolute atomic E-state index is 0.180. The third kappa shape index (κ3) is 1.79. The number of rotatable bonds is 1. The van der Waals surface area contributed by atoms with Crippen LogP contribution in [0.2, 0.25) is 0 Å². The van der Waals surface area contributed by atoms with Crippen molar-refractivity contribution in [2.75, 3.05) is 0 Å². The van der Waals surface area contributed by atoms with Crippen LogP contribution >= 0.6 is 12.6 Å². The summed E-state index contributed by atoms with van der Waals surface area (Å²) in [5.74, 6) is 0. The van der Waals surface area contributed by atoms with Gasteiger partial charge in [-0.1, -0.05) is 0 Å². The molecule has 0 aliphatic rings. The molecule has 8 heavy (non-hydrogen) atoms. The molecule has 1 aromatic carbocycles. The van der Waals surface area contributed by atoms with E-state index in [1.807, 2.05) is 6.07 Å². The zero-order chi connectivity index (χ0) is 5.82. The van der Waals surface area contributed by atoms with Gasteiger partial charge in [-0.2, -0.15) is 0 Å².